The summed E-state index contributed by atoms with van der Waals surface area (Å²) in [7, 11) is 1.77. The third kappa shape index (κ3) is 2.25. The second kappa shape index (κ2) is 5.23. The SMILES string of the molecule is Cc1[nH]c2ccc(CNc3nc4c(cnn4C)c(=O)[nH]3)cc2c1C. The highest BCUT2D eigenvalue weighted by Gasteiger charge is 2.08. The lowest BCUT2D eigenvalue weighted by atomic mass is 10.1. The quantitative estimate of drug-likeness (QED) is 0.540. The summed E-state index contributed by atoms with van der Waals surface area (Å²) in [5.74, 6) is 0.443. The highest BCUT2D eigenvalue weighted by Crippen LogP contribution is 2.22. The summed E-state index contributed by atoms with van der Waals surface area (Å²) in [4.78, 5) is 22.6. The van der Waals surface area contributed by atoms with Crippen LogP contribution in [0.25, 0.3) is 21.9 Å². The van der Waals surface area contributed by atoms with E-state index in [0.717, 1.165) is 11.1 Å². The van der Waals surface area contributed by atoms with Crippen LogP contribution in [0.5, 0.6) is 0 Å². The van der Waals surface area contributed by atoms with E-state index in [1.807, 2.05) is 0 Å². The molecule has 0 atom stereocenters. The van der Waals surface area contributed by atoms with E-state index < -0.39 is 0 Å². The van der Waals surface area contributed by atoms with E-state index in [4.69, 9.17) is 0 Å². The van der Waals surface area contributed by atoms with Crippen LogP contribution >= 0.6 is 0 Å². The lowest BCUT2D eigenvalue weighted by Gasteiger charge is -2.06. The molecule has 0 radical (unpaired) electrons. The Bertz CT molecular complexity index is 1120. The molecule has 1 aromatic carbocycles. The fourth-order valence-corrected chi connectivity index (χ4v) is 2.92. The smallest absolute Gasteiger partial charge is 0.263 e. The van der Waals surface area contributed by atoms with Gasteiger partial charge in [0.05, 0.1) is 6.20 Å². The van der Waals surface area contributed by atoms with Crippen LogP contribution in [-0.4, -0.2) is 24.7 Å². The van der Waals surface area contributed by atoms with Gasteiger partial charge in [-0.25, -0.2) is 0 Å². The summed E-state index contributed by atoms with van der Waals surface area (Å²) < 4.78 is 1.59. The molecule has 0 aliphatic heterocycles. The zero-order valence-electron chi connectivity index (χ0n) is 13.8. The average molecular weight is 322 g/mol. The van der Waals surface area contributed by atoms with Crippen molar-refractivity contribution in [1.29, 1.82) is 0 Å². The number of nitrogens with zero attached hydrogens (tertiary/aromatic N) is 3. The summed E-state index contributed by atoms with van der Waals surface area (Å²) in [6, 6.07) is 6.29. The molecule has 4 rings (SSSR count). The van der Waals surface area contributed by atoms with Crippen molar-refractivity contribution in [1.82, 2.24) is 24.7 Å². The Balaban J connectivity index is 1.64. The van der Waals surface area contributed by atoms with E-state index in [1.165, 1.54) is 22.8 Å². The topological polar surface area (TPSA) is 91.4 Å². The van der Waals surface area contributed by atoms with Gasteiger partial charge in [-0.15, -0.1) is 0 Å². The third-order valence-corrected chi connectivity index (χ3v) is 4.43. The molecule has 0 saturated carbocycles. The fraction of sp³-hybridized carbons (Fsp3) is 0.235. The van der Waals surface area contributed by atoms with Gasteiger partial charge in [0.25, 0.3) is 5.56 Å². The van der Waals surface area contributed by atoms with Gasteiger partial charge in [-0.1, -0.05) is 6.07 Å². The van der Waals surface area contributed by atoms with Gasteiger partial charge < -0.3 is 10.3 Å². The maximum absolute atomic E-state index is 12.1. The molecule has 4 aromatic rings. The van der Waals surface area contributed by atoms with Crippen molar-refractivity contribution in [3.63, 3.8) is 0 Å². The molecule has 0 aliphatic rings. The summed E-state index contributed by atoms with van der Waals surface area (Å²) in [6.07, 6.45) is 1.52. The normalized spacial score (nSPS) is 11.5. The van der Waals surface area contributed by atoms with Crippen molar-refractivity contribution in [3.05, 3.63) is 51.6 Å². The molecule has 3 N–H and O–H groups in total. The summed E-state index contributed by atoms with van der Waals surface area (Å²) >= 11 is 0. The van der Waals surface area contributed by atoms with Crippen molar-refractivity contribution in [2.24, 2.45) is 7.05 Å². The molecule has 0 aliphatic carbocycles. The predicted octanol–water partition coefficient (Wildman–Crippen LogP) is 2.37. The van der Waals surface area contributed by atoms with Crippen LogP contribution in [0.3, 0.4) is 0 Å². The number of aromatic nitrogens is 5. The molecule has 0 bridgehead atoms. The number of aromatic amines is 2. The highest BCUT2D eigenvalue weighted by atomic mass is 16.1. The monoisotopic (exact) mass is 322 g/mol. The number of hydrogen-bond donors (Lipinski definition) is 3. The van der Waals surface area contributed by atoms with Crippen LogP contribution in [0.4, 0.5) is 5.95 Å². The molecule has 3 aromatic heterocycles. The first kappa shape index (κ1) is 14.5. The Labute approximate surface area is 137 Å². The van der Waals surface area contributed by atoms with Crippen LogP contribution in [0, 0.1) is 13.8 Å². The summed E-state index contributed by atoms with van der Waals surface area (Å²) in [5, 5.41) is 8.96. The number of aryl methyl sites for hydroxylation is 3. The number of anilines is 1. The zero-order chi connectivity index (χ0) is 16.8. The zero-order valence-corrected chi connectivity index (χ0v) is 13.8. The lowest BCUT2D eigenvalue weighted by Crippen LogP contribution is -2.13. The van der Waals surface area contributed by atoms with Gasteiger partial charge in [0, 0.05) is 30.2 Å². The molecule has 7 heteroatoms. The van der Waals surface area contributed by atoms with Gasteiger partial charge in [0.15, 0.2) is 5.65 Å². The number of benzene rings is 1. The van der Waals surface area contributed by atoms with Crippen molar-refractivity contribution in [2.45, 2.75) is 20.4 Å². The van der Waals surface area contributed by atoms with E-state index >= 15 is 0 Å². The molecule has 0 unspecified atom stereocenters. The van der Waals surface area contributed by atoms with Crippen molar-refractivity contribution < 1.29 is 0 Å². The third-order valence-electron chi connectivity index (χ3n) is 4.43. The van der Waals surface area contributed by atoms with Gasteiger partial charge in [0.1, 0.15) is 5.39 Å². The largest absolute Gasteiger partial charge is 0.358 e. The van der Waals surface area contributed by atoms with Gasteiger partial charge in [-0.05, 0) is 37.1 Å². The van der Waals surface area contributed by atoms with Crippen LogP contribution in [0.1, 0.15) is 16.8 Å². The van der Waals surface area contributed by atoms with Crippen LogP contribution in [-0.2, 0) is 13.6 Å². The molecule has 24 heavy (non-hydrogen) atoms. The summed E-state index contributed by atoms with van der Waals surface area (Å²) in [5.41, 5.74) is 5.07. The van der Waals surface area contributed by atoms with Crippen molar-refractivity contribution in [3.8, 4) is 0 Å². The Morgan fingerprint density at radius 1 is 1.21 bits per heavy atom. The Morgan fingerprint density at radius 2 is 2.04 bits per heavy atom. The molecule has 7 nitrogen and oxygen atoms in total. The first-order valence-electron chi connectivity index (χ1n) is 7.76. The van der Waals surface area contributed by atoms with Crippen molar-refractivity contribution in [2.75, 3.05) is 5.32 Å². The number of fused-ring (bicyclic) bond motifs is 2. The molecule has 122 valence electrons. The molecule has 3 heterocycles. The van der Waals surface area contributed by atoms with Gasteiger partial charge in [-0.3, -0.25) is 14.5 Å². The average Bonchev–Trinajstić information content (AvgIpc) is 3.07. The number of rotatable bonds is 3. The maximum atomic E-state index is 12.1. The molecule has 0 fully saturated rings. The number of H-pyrrole nitrogens is 2. The van der Waals surface area contributed by atoms with E-state index in [1.54, 1.807) is 11.7 Å². The number of nitrogens with one attached hydrogen (secondary N) is 3. The second-order valence-electron chi connectivity index (χ2n) is 6.03. The van der Waals surface area contributed by atoms with E-state index in [2.05, 4.69) is 57.4 Å². The first-order chi connectivity index (χ1) is 11.5. The van der Waals surface area contributed by atoms with E-state index in [0.29, 0.717) is 23.5 Å². The Morgan fingerprint density at radius 3 is 2.88 bits per heavy atom. The van der Waals surface area contributed by atoms with E-state index in [-0.39, 0.29) is 5.56 Å². The molecule has 0 spiro atoms. The van der Waals surface area contributed by atoms with Gasteiger partial charge >= 0.3 is 0 Å². The molecule has 0 amide bonds. The minimum atomic E-state index is -0.192. The maximum Gasteiger partial charge on any atom is 0.263 e. The Hall–Kier alpha value is -3.09. The fourth-order valence-electron chi connectivity index (χ4n) is 2.92. The molecule has 0 saturated heterocycles. The van der Waals surface area contributed by atoms with E-state index in [9.17, 15) is 4.79 Å². The summed E-state index contributed by atoms with van der Waals surface area (Å²) in [6.45, 7) is 4.76. The minimum absolute atomic E-state index is 0.192. The van der Waals surface area contributed by atoms with Gasteiger partial charge in [-0.2, -0.15) is 10.1 Å². The van der Waals surface area contributed by atoms with Crippen LogP contribution in [0.2, 0.25) is 0 Å². The van der Waals surface area contributed by atoms with Crippen molar-refractivity contribution >= 4 is 27.9 Å². The highest BCUT2D eigenvalue weighted by molar-refractivity contribution is 5.85. The second-order valence-corrected chi connectivity index (χ2v) is 6.03. The van der Waals surface area contributed by atoms with Crippen LogP contribution < -0.4 is 10.9 Å². The first-order valence-corrected chi connectivity index (χ1v) is 7.76. The van der Waals surface area contributed by atoms with Gasteiger partial charge in [0.2, 0.25) is 5.95 Å². The van der Waals surface area contributed by atoms with Crippen LogP contribution in [0.15, 0.2) is 29.2 Å². The molecular formula is C17H18N6O. The lowest BCUT2D eigenvalue weighted by molar-refractivity contribution is 0.785. The predicted molar refractivity (Wildman–Crippen MR) is 94.2 cm³/mol. The Kier molecular flexibility index (Phi) is 3.16. The number of hydrogen-bond acceptors (Lipinski definition) is 4. The minimum Gasteiger partial charge on any atom is -0.358 e. The molecular weight excluding hydrogens is 304 g/mol. The standard InChI is InChI=1S/C17H18N6O/c1-9-10(2)20-14-5-4-11(6-12(9)14)7-18-17-21-15-13(16(24)22-17)8-19-23(15)3/h4-6,8,20H,7H2,1-3H3,(H2,18,21,22,24).